The summed E-state index contributed by atoms with van der Waals surface area (Å²) in [4.78, 5) is 26.7. The number of hydrogen-bond acceptors (Lipinski definition) is 4. The molecule has 2 saturated heterocycles. The first-order valence-corrected chi connectivity index (χ1v) is 9.14. The number of morpholine rings is 1. The molecule has 146 valence electrons. The molecule has 0 aromatic heterocycles. The summed E-state index contributed by atoms with van der Waals surface area (Å²) in [7, 11) is 1.36. The molecule has 6 nitrogen and oxygen atoms in total. The van der Waals surface area contributed by atoms with E-state index in [4.69, 9.17) is 9.47 Å². The number of hydrogen-bond donors (Lipinski definition) is 1. The van der Waals surface area contributed by atoms with Gasteiger partial charge in [-0.15, -0.1) is 0 Å². The standard InChI is InChI=1S/C21H21FN2O4/c1-27-17-11-14(7-8-16(17)22)20(26)24-10-9-21(15-5-3-2-4-6-15)18(12-24)28-13-19(25)23-21/h2-8,11,18H,9-10,12-13H2,1H3,(H,23,25)/t18-,21+/m1/s1. The second kappa shape index (κ2) is 7.24. The van der Waals surface area contributed by atoms with Crippen molar-refractivity contribution in [3.05, 3.63) is 65.5 Å². The van der Waals surface area contributed by atoms with Gasteiger partial charge in [-0.05, 0) is 30.2 Å². The normalized spacial score (nSPS) is 24.3. The Morgan fingerprint density at radius 1 is 1.29 bits per heavy atom. The third-order valence-electron chi connectivity index (χ3n) is 5.46. The largest absolute Gasteiger partial charge is 0.494 e. The molecule has 1 N–H and O–H groups in total. The molecule has 2 aliphatic heterocycles. The molecule has 2 aliphatic rings. The number of piperidine rings is 1. The Balaban J connectivity index is 1.60. The molecule has 0 aliphatic carbocycles. The smallest absolute Gasteiger partial charge is 0.254 e. The topological polar surface area (TPSA) is 67.9 Å². The monoisotopic (exact) mass is 384 g/mol. The maximum atomic E-state index is 13.7. The molecule has 28 heavy (non-hydrogen) atoms. The van der Waals surface area contributed by atoms with Crippen molar-refractivity contribution < 1.29 is 23.5 Å². The Kier molecular flexibility index (Phi) is 4.77. The molecule has 7 heteroatoms. The predicted octanol–water partition coefficient (Wildman–Crippen LogP) is 2.09. The quantitative estimate of drug-likeness (QED) is 0.880. The minimum absolute atomic E-state index is 0.0303. The lowest BCUT2D eigenvalue weighted by atomic mass is 9.77. The number of amides is 2. The van der Waals surface area contributed by atoms with Gasteiger partial charge in [-0.1, -0.05) is 30.3 Å². The molecule has 4 rings (SSSR count). The molecule has 2 aromatic carbocycles. The molecular formula is C21H21FN2O4. The maximum absolute atomic E-state index is 13.7. The number of rotatable bonds is 3. The maximum Gasteiger partial charge on any atom is 0.254 e. The third kappa shape index (κ3) is 3.11. The Morgan fingerprint density at radius 3 is 2.82 bits per heavy atom. The average molecular weight is 384 g/mol. The van der Waals surface area contributed by atoms with Crippen LogP contribution < -0.4 is 10.1 Å². The molecule has 0 radical (unpaired) electrons. The molecule has 2 fully saturated rings. The van der Waals surface area contributed by atoms with Gasteiger partial charge in [-0.3, -0.25) is 9.59 Å². The molecule has 0 unspecified atom stereocenters. The van der Waals surface area contributed by atoms with E-state index in [1.54, 1.807) is 4.90 Å². The van der Waals surface area contributed by atoms with E-state index >= 15 is 0 Å². The number of likely N-dealkylation sites (tertiary alicyclic amines) is 1. The first-order valence-electron chi connectivity index (χ1n) is 9.14. The van der Waals surface area contributed by atoms with Crippen LogP contribution in [-0.2, 0) is 15.1 Å². The first kappa shape index (κ1) is 18.4. The zero-order valence-electron chi connectivity index (χ0n) is 15.5. The van der Waals surface area contributed by atoms with E-state index < -0.39 is 11.4 Å². The van der Waals surface area contributed by atoms with E-state index in [1.165, 1.54) is 25.3 Å². The van der Waals surface area contributed by atoms with Crippen LogP contribution in [0, 0.1) is 5.82 Å². The van der Waals surface area contributed by atoms with Crippen molar-refractivity contribution in [3.8, 4) is 5.75 Å². The lowest BCUT2D eigenvalue weighted by Crippen LogP contribution is -2.67. The van der Waals surface area contributed by atoms with Gasteiger partial charge in [0.1, 0.15) is 12.7 Å². The molecular weight excluding hydrogens is 363 g/mol. The summed E-state index contributed by atoms with van der Waals surface area (Å²) in [5.74, 6) is -0.870. The number of carbonyl (C=O) groups excluding carboxylic acids is 2. The van der Waals surface area contributed by atoms with E-state index in [9.17, 15) is 14.0 Å². The van der Waals surface area contributed by atoms with Gasteiger partial charge in [0.15, 0.2) is 11.6 Å². The van der Waals surface area contributed by atoms with Crippen LogP contribution in [0.2, 0.25) is 0 Å². The van der Waals surface area contributed by atoms with Crippen molar-refractivity contribution in [3.63, 3.8) is 0 Å². The fourth-order valence-corrected chi connectivity index (χ4v) is 4.02. The summed E-state index contributed by atoms with van der Waals surface area (Å²) in [6.07, 6.45) is 0.157. The van der Waals surface area contributed by atoms with Gasteiger partial charge in [-0.2, -0.15) is 0 Å². The van der Waals surface area contributed by atoms with Crippen LogP contribution in [0.3, 0.4) is 0 Å². The van der Waals surface area contributed by atoms with Gasteiger partial charge < -0.3 is 19.7 Å². The van der Waals surface area contributed by atoms with Gasteiger partial charge in [0, 0.05) is 18.7 Å². The molecule has 2 aromatic rings. The highest BCUT2D eigenvalue weighted by molar-refractivity contribution is 5.94. The fraction of sp³-hybridized carbons (Fsp3) is 0.333. The van der Waals surface area contributed by atoms with Crippen LogP contribution in [-0.4, -0.2) is 49.6 Å². The Morgan fingerprint density at radius 2 is 2.07 bits per heavy atom. The van der Waals surface area contributed by atoms with Gasteiger partial charge in [0.25, 0.3) is 5.91 Å². The number of benzene rings is 2. The van der Waals surface area contributed by atoms with E-state index in [2.05, 4.69) is 5.32 Å². The number of fused-ring (bicyclic) bond motifs is 1. The Hall–Kier alpha value is -2.93. The van der Waals surface area contributed by atoms with Gasteiger partial charge >= 0.3 is 0 Å². The highest BCUT2D eigenvalue weighted by Gasteiger charge is 2.49. The summed E-state index contributed by atoms with van der Waals surface area (Å²) in [6.45, 7) is 0.729. The highest BCUT2D eigenvalue weighted by atomic mass is 19.1. The fourth-order valence-electron chi connectivity index (χ4n) is 4.02. The minimum atomic E-state index is -0.659. The molecule has 0 bridgehead atoms. The van der Waals surface area contributed by atoms with Gasteiger partial charge in [0.05, 0.1) is 12.6 Å². The van der Waals surface area contributed by atoms with Crippen molar-refractivity contribution in [1.29, 1.82) is 0 Å². The molecule has 2 amide bonds. The third-order valence-corrected chi connectivity index (χ3v) is 5.46. The lowest BCUT2D eigenvalue weighted by Gasteiger charge is -2.50. The number of carbonyl (C=O) groups is 2. The van der Waals surface area contributed by atoms with Crippen LogP contribution in [0.4, 0.5) is 4.39 Å². The Bertz CT molecular complexity index is 905. The highest BCUT2D eigenvalue weighted by Crippen LogP contribution is 2.37. The van der Waals surface area contributed by atoms with Crippen LogP contribution >= 0.6 is 0 Å². The number of ether oxygens (including phenoxy) is 2. The first-order chi connectivity index (χ1) is 13.5. The van der Waals surface area contributed by atoms with Crippen LogP contribution in [0.5, 0.6) is 5.75 Å². The SMILES string of the molecule is COc1cc(C(=O)N2CC[C@@]3(c4ccccc4)NC(=O)CO[C@@H]3C2)ccc1F. The van der Waals surface area contributed by atoms with E-state index in [0.717, 1.165) is 5.56 Å². The summed E-state index contributed by atoms with van der Waals surface area (Å²) in [6, 6.07) is 13.8. The number of nitrogens with one attached hydrogen (secondary N) is 1. The van der Waals surface area contributed by atoms with Crippen molar-refractivity contribution in [2.45, 2.75) is 18.1 Å². The molecule has 0 saturated carbocycles. The minimum Gasteiger partial charge on any atom is -0.494 e. The zero-order chi connectivity index (χ0) is 19.7. The number of nitrogens with zero attached hydrogens (tertiary/aromatic N) is 1. The van der Waals surface area contributed by atoms with Gasteiger partial charge in [0.2, 0.25) is 5.91 Å². The molecule has 2 heterocycles. The second-order valence-electron chi connectivity index (χ2n) is 7.04. The predicted molar refractivity (Wildman–Crippen MR) is 99.5 cm³/mol. The van der Waals surface area contributed by atoms with E-state index in [0.29, 0.717) is 25.1 Å². The summed E-state index contributed by atoms with van der Waals surface area (Å²) >= 11 is 0. The van der Waals surface area contributed by atoms with Gasteiger partial charge in [-0.25, -0.2) is 4.39 Å². The van der Waals surface area contributed by atoms with Crippen LogP contribution in [0.1, 0.15) is 22.3 Å². The van der Waals surface area contributed by atoms with Crippen molar-refractivity contribution in [1.82, 2.24) is 10.2 Å². The van der Waals surface area contributed by atoms with Crippen molar-refractivity contribution in [2.24, 2.45) is 0 Å². The van der Waals surface area contributed by atoms with E-state index in [1.807, 2.05) is 30.3 Å². The van der Waals surface area contributed by atoms with Crippen molar-refractivity contribution >= 4 is 11.8 Å². The van der Waals surface area contributed by atoms with Crippen molar-refractivity contribution in [2.75, 3.05) is 26.8 Å². The zero-order valence-corrected chi connectivity index (χ0v) is 15.5. The van der Waals surface area contributed by atoms with Crippen LogP contribution in [0.15, 0.2) is 48.5 Å². The summed E-state index contributed by atoms with van der Waals surface area (Å²) in [5.41, 5.74) is 0.655. The average Bonchev–Trinajstić information content (AvgIpc) is 2.73. The molecule has 2 atom stereocenters. The van der Waals surface area contributed by atoms with E-state index in [-0.39, 0.29) is 30.3 Å². The lowest BCUT2D eigenvalue weighted by molar-refractivity contribution is -0.150. The number of methoxy groups -OCH3 is 1. The van der Waals surface area contributed by atoms with Crippen LogP contribution in [0.25, 0.3) is 0 Å². The summed E-state index contributed by atoms with van der Waals surface area (Å²) in [5, 5.41) is 3.10. The second-order valence-corrected chi connectivity index (χ2v) is 7.04. The number of halogens is 1. The Labute approximate surface area is 162 Å². The molecule has 0 spiro atoms. The summed E-state index contributed by atoms with van der Waals surface area (Å²) < 4.78 is 24.5.